The van der Waals surface area contributed by atoms with Gasteiger partial charge >= 0.3 is 0 Å². The molecule has 6 nitrogen and oxygen atoms in total. The molecule has 2 atom stereocenters. The maximum absolute atomic E-state index is 12.5. The predicted molar refractivity (Wildman–Crippen MR) is 107 cm³/mol. The minimum absolute atomic E-state index is 0.0571. The van der Waals surface area contributed by atoms with Crippen LogP contribution in [0.4, 0.5) is 5.69 Å². The Morgan fingerprint density at radius 2 is 1.96 bits per heavy atom. The molecule has 2 aromatic carbocycles. The van der Waals surface area contributed by atoms with Gasteiger partial charge in [0.15, 0.2) is 0 Å². The molecular weight excluding hydrogens is 354 g/mol. The van der Waals surface area contributed by atoms with Gasteiger partial charge in [-0.2, -0.15) is 5.26 Å². The first kappa shape index (κ1) is 19.7. The van der Waals surface area contributed by atoms with Crippen LogP contribution in [-0.2, 0) is 16.1 Å². The maximum Gasteiger partial charge on any atom is 0.242 e. The third kappa shape index (κ3) is 5.48. The summed E-state index contributed by atoms with van der Waals surface area (Å²) in [6.07, 6.45) is 0.118. The van der Waals surface area contributed by atoms with Crippen molar-refractivity contribution >= 4 is 11.6 Å². The Morgan fingerprint density at radius 3 is 2.71 bits per heavy atom. The number of nitrogens with zero attached hydrogens (tertiary/aromatic N) is 2. The Bertz CT molecular complexity index is 852. The third-order valence-corrected chi connectivity index (χ3v) is 4.51. The maximum atomic E-state index is 12.5. The van der Waals surface area contributed by atoms with Crippen molar-refractivity contribution in [3.05, 3.63) is 59.7 Å². The molecule has 0 bridgehead atoms. The lowest BCUT2D eigenvalue weighted by Gasteiger charge is -2.35. The summed E-state index contributed by atoms with van der Waals surface area (Å²) < 4.78 is 11.5. The van der Waals surface area contributed by atoms with Crippen molar-refractivity contribution < 1.29 is 14.3 Å². The molecule has 1 aliphatic heterocycles. The standard InChI is InChI=1S/C22H25N3O3/c1-16-13-25(14-17(2)28-16)22(26)12-24-20-7-4-8-21(10-20)27-15-19-6-3-5-18(9-19)11-23/h3-10,16-17,24H,12-15H2,1-2H3. The van der Waals surface area contributed by atoms with Gasteiger partial charge < -0.3 is 19.7 Å². The summed E-state index contributed by atoms with van der Waals surface area (Å²) >= 11 is 0. The molecule has 1 N–H and O–H groups in total. The first-order valence-corrected chi connectivity index (χ1v) is 9.42. The van der Waals surface area contributed by atoms with Crippen molar-refractivity contribution in [2.24, 2.45) is 0 Å². The molecule has 0 aromatic heterocycles. The highest BCUT2D eigenvalue weighted by atomic mass is 16.5. The monoisotopic (exact) mass is 379 g/mol. The second-order valence-electron chi connectivity index (χ2n) is 7.04. The SMILES string of the molecule is CC1CN(C(=O)CNc2cccc(OCc3cccc(C#N)c3)c2)CC(C)O1. The van der Waals surface area contributed by atoms with Gasteiger partial charge in [0.1, 0.15) is 12.4 Å². The molecule has 2 aromatic rings. The summed E-state index contributed by atoms with van der Waals surface area (Å²) in [6.45, 7) is 5.81. The first-order chi connectivity index (χ1) is 13.5. The number of carbonyl (C=O) groups excluding carboxylic acids is 1. The Balaban J connectivity index is 1.53. The van der Waals surface area contributed by atoms with E-state index in [1.807, 2.05) is 61.2 Å². The van der Waals surface area contributed by atoms with E-state index in [4.69, 9.17) is 14.7 Å². The summed E-state index contributed by atoms with van der Waals surface area (Å²) in [6, 6.07) is 17.0. The summed E-state index contributed by atoms with van der Waals surface area (Å²) in [7, 11) is 0. The zero-order valence-corrected chi connectivity index (χ0v) is 16.2. The normalized spacial score (nSPS) is 19.0. The molecule has 146 valence electrons. The number of hydrogen-bond donors (Lipinski definition) is 1. The Morgan fingerprint density at radius 1 is 1.21 bits per heavy atom. The molecule has 1 heterocycles. The first-order valence-electron chi connectivity index (χ1n) is 9.42. The van der Waals surface area contributed by atoms with Crippen LogP contribution in [0.5, 0.6) is 5.75 Å². The fourth-order valence-corrected chi connectivity index (χ4v) is 3.26. The largest absolute Gasteiger partial charge is 0.489 e. The van der Waals surface area contributed by atoms with E-state index in [9.17, 15) is 4.79 Å². The lowest BCUT2D eigenvalue weighted by Crippen LogP contribution is -2.49. The van der Waals surface area contributed by atoms with Gasteiger partial charge in [-0.15, -0.1) is 0 Å². The molecule has 3 rings (SSSR count). The van der Waals surface area contributed by atoms with Crippen LogP contribution in [-0.4, -0.2) is 42.6 Å². The van der Waals surface area contributed by atoms with E-state index < -0.39 is 0 Å². The van der Waals surface area contributed by atoms with E-state index in [1.165, 1.54) is 0 Å². The van der Waals surface area contributed by atoms with Crippen LogP contribution in [0.25, 0.3) is 0 Å². The van der Waals surface area contributed by atoms with Gasteiger partial charge in [0.25, 0.3) is 0 Å². The molecule has 6 heteroatoms. The fourth-order valence-electron chi connectivity index (χ4n) is 3.26. The van der Waals surface area contributed by atoms with Crippen molar-refractivity contribution in [2.45, 2.75) is 32.7 Å². The number of morpholine rings is 1. The van der Waals surface area contributed by atoms with Crippen LogP contribution >= 0.6 is 0 Å². The number of rotatable bonds is 6. The molecule has 2 unspecified atom stereocenters. The number of amides is 1. The molecule has 0 spiro atoms. The van der Waals surface area contributed by atoms with Gasteiger partial charge in [0.2, 0.25) is 5.91 Å². The van der Waals surface area contributed by atoms with Crippen LogP contribution in [0, 0.1) is 11.3 Å². The smallest absolute Gasteiger partial charge is 0.242 e. The zero-order valence-electron chi connectivity index (χ0n) is 16.2. The minimum Gasteiger partial charge on any atom is -0.489 e. The van der Waals surface area contributed by atoms with Crippen LogP contribution in [0.15, 0.2) is 48.5 Å². The van der Waals surface area contributed by atoms with E-state index >= 15 is 0 Å². The number of ether oxygens (including phenoxy) is 2. The Kier molecular flexibility index (Phi) is 6.51. The van der Waals surface area contributed by atoms with Crippen LogP contribution in [0.2, 0.25) is 0 Å². The molecule has 0 aliphatic carbocycles. The second kappa shape index (κ2) is 9.25. The lowest BCUT2D eigenvalue weighted by atomic mass is 10.1. The van der Waals surface area contributed by atoms with Crippen molar-refractivity contribution in [1.82, 2.24) is 4.90 Å². The van der Waals surface area contributed by atoms with Gasteiger partial charge in [0, 0.05) is 24.8 Å². The van der Waals surface area contributed by atoms with Gasteiger partial charge in [0.05, 0.1) is 30.4 Å². The molecule has 28 heavy (non-hydrogen) atoms. The number of benzene rings is 2. The average Bonchev–Trinajstić information content (AvgIpc) is 2.70. The quantitative estimate of drug-likeness (QED) is 0.834. The number of nitrogens with one attached hydrogen (secondary N) is 1. The molecular formula is C22H25N3O3. The molecule has 0 radical (unpaired) electrons. The number of carbonyl (C=O) groups is 1. The number of nitriles is 1. The number of anilines is 1. The van der Waals surface area contributed by atoms with Crippen molar-refractivity contribution in [3.8, 4) is 11.8 Å². The van der Waals surface area contributed by atoms with Crippen LogP contribution in [0.1, 0.15) is 25.0 Å². The van der Waals surface area contributed by atoms with E-state index in [0.29, 0.717) is 31.0 Å². The highest BCUT2D eigenvalue weighted by molar-refractivity contribution is 5.81. The average molecular weight is 379 g/mol. The van der Waals surface area contributed by atoms with Gasteiger partial charge in [-0.05, 0) is 43.7 Å². The predicted octanol–water partition coefficient (Wildman–Crippen LogP) is 3.18. The van der Waals surface area contributed by atoms with Crippen molar-refractivity contribution in [1.29, 1.82) is 5.26 Å². The van der Waals surface area contributed by atoms with Crippen molar-refractivity contribution in [2.75, 3.05) is 25.0 Å². The van der Waals surface area contributed by atoms with Crippen LogP contribution in [0.3, 0.4) is 0 Å². The van der Waals surface area contributed by atoms with E-state index in [2.05, 4.69) is 11.4 Å². The molecule has 0 saturated carbocycles. The summed E-state index contributed by atoms with van der Waals surface area (Å²) in [5, 5.41) is 12.1. The van der Waals surface area contributed by atoms with Crippen molar-refractivity contribution in [3.63, 3.8) is 0 Å². The Labute approximate surface area is 165 Å². The lowest BCUT2D eigenvalue weighted by molar-refractivity contribution is -0.141. The summed E-state index contributed by atoms with van der Waals surface area (Å²) in [5.41, 5.74) is 2.37. The molecule has 1 aliphatic rings. The van der Waals surface area contributed by atoms with Crippen LogP contribution < -0.4 is 10.1 Å². The highest BCUT2D eigenvalue weighted by Crippen LogP contribution is 2.19. The third-order valence-electron chi connectivity index (χ3n) is 4.51. The molecule has 1 fully saturated rings. The summed E-state index contributed by atoms with van der Waals surface area (Å²) in [5.74, 6) is 0.759. The summed E-state index contributed by atoms with van der Waals surface area (Å²) in [4.78, 5) is 14.3. The zero-order chi connectivity index (χ0) is 19.9. The molecule has 1 saturated heterocycles. The Hall–Kier alpha value is -3.04. The number of hydrogen-bond acceptors (Lipinski definition) is 5. The highest BCUT2D eigenvalue weighted by Gasteiger charge is 2.25. The van der Waals surface area contributed by atoms with Gasteiger partial charge in [-0.3, -0.25) is 4.79 Å². The molecule has 1 amide bonds. The van der Waals surface area contributed by atoms with E-state index in [0.717, 1.165) is 11.3 Å². The second-order valence-corrected chi connectivity index (χ2v) is 7.04. The van der Waals surface area contributed by atoms with E-state index in [-0.39, 0.29) is 24.7 Å². The fraction of sp³-hybridized carbons (Fsp3) is 0.364. The topological polar surface area (TPSA) is 74.6 Å². The minimum atomic E-state index is 0.0571. The van der Waals surface area contributed by atoms with E-state index in [1.54, 1.807) is 6.07 Å². The van der Waals surface area contributed by atoms with Gasteiger partial charge in [-0.1, -0.05) is 18.2 Å². The van der Waals surface area contributed by atoms with Gasteiger partial charge in [-0.25, -0.2) is 0 Å².